The Morgan fingerprint density at radius 1 is 0.500 bits per heavy atom. The van der Waals surface area contributed by atoms with Crippen molar-refractivity contribution in [3.05, 3.63) is 42.3 Å². The van der Waals surface area contributed by atoms with Crippen molar-refractivity contribution in [2.75, 3.05) is 0 Å². The molecular weight excluding hydrogens is 333 g/mol. The number of hydrogen-bond donors (Lipinski definition) is 0. The van der Waals surface area contributed by atoms with Gasteiger partial charge in [0.15, 0.2) is 0 Å². The molecule has 16 heavy (non-hydrogen) atoms. The zero-order chi connectivity index (χ0) is 12.0. The van der Waals surface area contributed by atoms with Crippen LogP contribution in [0.2, 0.25) is 30.1 Å². The van der Waals surface area contributed by atoms with Crippen molar-refractivity contribution in [2.45, 2.75) is 0 Å². The van der Waals surface area contributed by atoms with Gasteiger partial charge in [0, 0.05) is 10.8 Å². The summed E-state index contributed by atoms with van der Waals surface area (Å²) in [6.45, 7) is 0. The quantitative estimate of drug-likeness (QED) is 0.369. The van der Waals surface area contributed by atoms with Crippen LogP contribution in [0.4, 0.5) is 0 Å². The fourth-order valence-electron chi connectivity index (χ4n) is 1.39. The van der Waals surface area contributed by atoms with Crippen LogP contribution in [0.5, 0.6) is 0 Å². The van der Waals surface area contributed by atoms with Crippen LogP contribution in [0, 0.1) is 0 Å². The van der Waals surface area contributed by atoms with Gasteiger partial charge in [-0.3, -0.25) is 0 Å². The monoisotopic (exact) mass is 332 g/mol. The Bertz CT molecular complexity index is 537. The first kappa shape index (κ1) is 12.9. The van der Waals surface area contributed by atoms with Crippen molar-refractivity contribution < 1.29 is 0 Å². The zero-order valence-corrected chi connectivity index (χ0v) is 12.0. The fraction of sp³-hybridized carbons (Fsp3) is 0. The molecule has 0 saturated heterocycles. The maximum atomic E-state index is 6.06. The Morgan fingerprint density at radius 2 is 0.812 bits per heavy atom. The van der Waals surface area contributed by atoms with Gasteiger partial charge in [0.2, 0.25) is 0 Å². The fourth-order valence-corrected chi connectivity index (χ4v) is 3.05. The molecule has 0 heterocycles. The number of rotatable bonds is 0. The largest absolute Gasteiger partial charge is 0.0836 e. The Hall–Kier alpha value is 0.440. The summed E-state index contributed by atoms with van der Waals surface area (Å²) in [5.74, 6) is 0. The molecule has 0 N–H and O–H groups in total. The summed E-state index contributed by atoms with van der Waals surface area (Å²) in [5.41, 5.74) is 0. The van der Waals surface area contributed by atoms with Gasteiger partial charge in [-0.05, 0) is 12.1 Å². The highest BCUT2D eigenvalue weighted by molar-refractivity contribution is 6.58. The van der Waals surface area contributed by atoms with Gasteiger partial charge in [-0.2, -0.15) is 0 Å². The second-order valence-electron chi connectivity index (χ2n) is 3.04. The molecule has 0 spiro atoms. The third kappa shape index (κ3) is 1.86. The Labute approximate surface area is 122 Å². The maximum absolute atomic E-state index is 6.06. The van der Waals surface area contributed by atoms with E-state index in [2.05, 4.69) is 0 Å². The summed E-state index contributed by atoms with van der Waals surface area (Å²) < 4.78 is 0. The van der Waals surface area contributed by atoms with Crippen LogP contribution in [0.15, 0.2) is 12.1 Å². The highest BCUT2D eigenvalue weighted by atomic mass is 35.5. The van der Waals surface area contributed by atoms with Crippen molar-refractivity contribution in [3.63, 3.8) is 0 Å². The van der Waals surface area contributed by atoms with Gasteiger partial charge in [-0.25, -0.2) is 0 Å². The molecule has 6 heteroatoms. The van der Waals surface area contributed by atoms with Gasteiger partial charge in [0.25, 0.3) is 0 Å². The summed E-state index contributed by atoms with van der Waals surface area (Å²) in [5, 5.41) is 2.70. The van der Waals surface area contributed by atoms with E-state index in [0.29, 0.717) is 20.8 Å². The van der Waals surface area contributed by atoms with Crippen LogP contribution in [0.1, 0.15) is 0 Å². The van der Waals surface area contributed by atoms with Crippen molar-refractivity contribution in [3.8, 4) is 0 Å². The van der Waals surface area contributed by atoms with Gasteiger partial charge in [0.1, 0.15) is 0 Å². The Kier molecular flexibility index (Phi) is 3.71. The Morgan fingerprint density at radius 3 is 1.12 bits per heavy atom. The normalized spacial score (nSPS) is 11.1. The molecule has 0 fully saturated rings. The van der Waals surface area contributed by atoms with Gasteiger partial charge < -0.3 is 0 Å². The lowest BCUT2D eigenvalue weighted by Gasteiger charge is -2.11. The first-order valence-corrected chi connectivity index (χ1v) is 6.31. The standard InChI is InChI=1S/C10H2Cl6/c11-3-1-2-4(12)6-5(3)7(13)9(15)10(16)8(6)14/h1-2H. The highest BCUT2D eigenvalue weighted by Gasteiger charge is 2.18. The molecule has 2 aromatic rings. The minimum Gasteiger partial charge on any atom is -0.0836 e. The predicted molar refractivity (Wildman–Crippen MR) is 74.0 cm³/mol. The number of hydrogen-bond acceptors (Lipinski definition) is 0. The molecule has 0 aromatic heterocycles. The van der Waals surface area contributed by atoms with Gasteiger partial charge >= 0.3 is 0 Å². The summed E-state index contributed by atoms with van der Waals surface area (Å²) >= 11 is 36.1. The summed E-state index contributed by atoms with van der Waals surface area (Å²) in [7, 11) is 0. The van der Waals surface area contributed by atoms with E-state index in [4.69, 9.17) is 69.6 Å². The van der Waals surface area contributed by atoms with Gasteiger partial charge in [0.05, 0.1) is 30.1 Å². The number of fused-ring (bicyclic) bond motifs is 1. The molecule has 2 aromatic carbocycles. The molecule has 0 aliphatic rings. The van der Waals surface area contributed by atoms with Crippen LogP contribution < -0.4 is 0 Å². The summed E-state index contributed by atoms with van der Waals surface area (Å²) in [4.78, 5) is 0. The van der Waals surface area contributed by atoms with E-state index in [0.717, 1.165) is 0 Å². The molecule has 0 amide bonds. The molecule has 0 radical (unpaired) electrons. The molecular formula is C10H2Cl6. The molecule has 0 atom stereocenters. The zero-order valence-electron chi connectivity index (χ0n) is 7.42. The van der Waals surface area contributed by atoms with E-state index < -0.39 is 0 Å². The SMILES string of the molecule is Clc1c(Cl)c(Cl)c2c(Cl)ccc(Cl)c2c1Cl. The highest BCUT2D eigenvalue weighted by Crippen LogP contribution is 2.47. The molecule has 84 valence electrons. The van der Waals surface area contributed by atoms with E-state index in [1.807, 2.05) is 0 Å². The van der Waals surface area contributed by atoms with E-state index >= 15 is 0 Å². The predicted octanol–water partition coefficient (Wildman–Crippen LogP) is 6.76. The van der Waals surface area contributed by atoms with Crippen molar-refractivity contribution >= 4 is 80.4 Å². The van der Waals surface area contributed by atoms with E-state index in [9.17, 15) is 0 Å². The van der Waals surface area contributed by atoms with Crippen LogP contribution >= 0.6 is 69.6 Å². The smallest absolute Gasteiger partial charge is 0.0800 e. The van der Waals surface area contributed by atoms with Gasteiger partial charge in [-0.15, -0.1) is 0 Å². The third-order valence-corrected chi connectivity index (χ3v) is 4.55. The molecule has 0 nitrogen and oxygen atoms in total. The van der Waals surface area contributed by atoms with E-state index in [1.165, 1.54) is 0 Å². The summed E-state index contributed by atoms with van der Waals surface area (Å²) in [6.07, 6.45) is 0. The van der Waals surface area contributed by atoms with Crippen molar-refractivity contribution in [1.82, 2.24) is 0 Å². The Balaban J connectivity index is 3.14. The molecule has 0 unspecified atom stereocenters. The number of halogens is 6. The van der Waals surface area contributed by atoms with Crippen molar-refractivity contribution in [2.24, 2.45) is 0 Å². The van der Waals surface area contributed by atoms with Crippen LogP contribution in [0.3, 0.4) is 0 Å². The average Bonchev–Trinajstić information content (AvgIpc) is 2.26. The molecule has 0 aliphatic carbocycles. The average molecular weight is 335 g/mol. The first-order chi connectivity index (χ1) is 7.45. The van der Waals surface area contributed by atoms with Gasteiger partial charge in [-0.1, -0.05) is 69.6 Å². The third-order valence-electron chi connectivity index (χ3n) is 2.12. The maximum Gasteiger partial charge on any atom is 0.0800 e. The van der Waals surface area contributed by atoms with Crippen LogP contribution in [-0.2, 0) is 0 Å². The lowest BCUT2D eigenvalue weighted by molar-refractivity contribution is 1.73. The topological polar surface area (TPSA) is 0 Å². The molecule has 2 rings (SSSR count). The van der Waals surface area contributed by atoms with E-state index in [-0.39, 0.29) is 20.1 Å². The lowest BCUT2D eigenvalue weighted by atomic mass is 10.1. The number of benzene rings is 2. The first-order valence-electron chi connectivity index (χ1n) is 4.04. The lowest BCUT2D eigenvalue weighted by Crippen LogP contribution is -1.84. The minimum atomic E-state index is 0.171. The van der Waals surface area contributed by atoms with Crippen LogP contribution in [0.25, 0.3) is 10.8 Å². The summed E-state index contributed by atoms with van der Waals surface area (Å²) in [6, 6.07) is 3.25. The molecule has 0 saturated carbocycles. The minimum absolute atomic E-state index is 0.171. The van der Waals surface area contributed by atoms with Crippen molar-refractivity contribution in [1.29, 1.82) is 0 Å². The molecule has 0 bridgehead atoms. The van der Waals surface area contributed by atoms with E-state index in [1.54, 1.807) is 12.1 Å². The molecule has 0 aliphatic heterocycles. The second-order valence-corrected chi connectivity index (χ2v) is 5.36. The second kappa shape index (κ2) is 4.61. The van der Waals surface area contributed by atoms with Crippen LogP contribution in [-0.4, -0.2) is 0 Å².